The molecule has 20 heavy (non-hydrogen) atoms. The van der Waals surface area contributed by atoms with Crippen LogP contribution >= 0.6 is 15.9 Å². The second-order valence-electron chi connectivity index (χ2n) is 4.33. The zero-order valence-electron chi connectivity index (χ0n) is 10.4. The summed E-state index contributed by atoms with van der Waals surface area (Å²) in [6.07, 6.45) is 1.68. The molecular weight excluding hydrogens is 320 g/mol. The van der Waals surface area contributed by atoms with Gasteiger partial charge in [-0.2, -0.15) is 5.10 Å². The van der Waals surface area contributed by atoms with E-state index < -0.39 is 0 Å². The first-order valence-electron chi connectivity index (χ1n) is 5.93. The standard InChI is InChI=1S/C14H11BrN4O/c15-11-5-4-8(16)6-9(11)14(20)18-12-2-1-3-13-10(12)7-17-19-13/h1-7H,16H2,(H,17,19)(H,18,20). The van der Waals surface area contributed by atoms with Crippen LogP contribution in [0, 0.1) is 0 Å². The summed E-state index contributed by atoms with van der Waals surface area (Å²) < 4.78 is 0.698. The van der Waals surface area contributed by atoms with Crippen LogP contribution in [-0.4, -0.2) is 16.1 Å². The van der Waals surface area contributed by atoms with E-state index in [0.717, 1.165) is 10.9 Å². The Morgan fingerprint density at radius 3 is 3.00 bits per heavy atom. The molecule has 0 bridgehead atoms. The molecule has 3 rings (SSSR count). The number of nitrogens with two attached hydrogens (primary N) is 1. The maximum atomic E-state index is 12.3. The van der Waals surface area contributed by atoms with Gasteiger partial charge >= 0.3 is 0 Å². The summed E-state index contributed by atoms with van der Waals surface area (Å²) in [4.78, 5) is 12.3. The minimum atomic E-state index is -0.224. The van der Waals surface area contributed by atoms with Gasteiger partial charge in [-0.05, 0) is 46.3 Å². The molecule has 1 amide bonds. The number of aromatic nitrogens is 2. The maximum absolute atomic E-state index is 12.3. The third kappa shape index (κ3) is 2.25. The van der Waals surface area contributed by atoms with E-state index in [2.05, 4.69) is 31.4 Å². The number of fused-ring (bicyclic) bond motifs is 1. The van der Waals surface area contributed by atoms with Gasteiger partial charge in [-0.1, -0.05) is 6.07 Å². The zero-order valence-corrected chi connectivity index (χ0v) is 11.9. The van der Waals surface area contributed by atoms with E-state index in [4.69, 9.17) is 5.73 Å². The van der Waals surface area contributed by atoms with Crippen molar-refractivity contribution in [1.29, 1.82) is 0 Å². The van der Waals surface area contributed by atoms with Crippen molar-refractivity contribution in [2.45, 2.75) is 0 Å². The Labute approximate surface area is 123 Å². The van der Waals surface area contributed by atoms with Crippen molar-refractivity contribution in [3.63, 3.8) is 0 Å². The number of nitrogens with one attached hydrogen (secondary N) is 2. The van der Waals surface area contributed by atoms with Crippen LogP contribution in [0.5, 0.6) is 0 Å². The van der Waals surface area contributed by atoms with E-state index in [1.807, 2.05) is 18.2 Å². The van der Waals surface area contributed by atoms with Gasteiger partial charge in [0.2, 0.25) is 0 Å². The smallest absolute Gasteiger partial charge is 0.256 e. The van der Waals surface area contributed by atoms with Crippen LogP contribution in [0.3, 0.4) is 0 Å². The Hall–Kier alpha value is -2.34. The second kappa shape index (κ2) is 4.97. The quantitative estimate of drug-likeness (QED) is 0.631. The molecule has 0 saturated carbocycles. The van der Waals surface area contributed by atoms with Crippen LogP contribution < -0.4 is 11.1 Å². The van der Waals surface area contributed by atoms with E-state index in [1.54, 1.807) is 24.4 Å². The lowest BCUT2D eigenvalue weighted by molar-refractivity contribution is 0.102. The molecule has 0 aliphatic heterocycles. The molecule has 0 unspecified atom stereocenters. The monoisotopic (exact) mass is 330 g/mol. The second-order valence-corrected chi connectivity index (χ2v) is 5.18. The molecule has 0 aliphatic carbocycles. The largest absolute Gasteiger partial charge is 0.399 e. The molecular formula is C14H11BrN4O. The van der Waals surface area contributed by atoms with E-state index >= 15 is 0 Å². The Kier molecular flexibility index (Phi) is 3.15. The zero-order chi connectivity index (χ0) is 14.1. The summed E-state index contributed by atoms with van der Waals surface area (Å²) in [7, 11) is 0. The minimum Gasteiger partial charge on any atom is -0.399 e. The molecule has 1 heterocycles. The van der Waals surface area contributed by atoms with Gasteiger partial charge in [-0.25, -0.2) is 0 Å². The highest BCUT2D eigenvalue weighted by molar-refractivity contribution is 9.10. The van der Waals surface area contributed by atoms with Gasteiger partial charge in [0.05, 0.1) is 23.0 Å². The van der Waals surface area contributed by atoms with Crippen LogP contribution in [-0.2, 0) is 0 Å². The average molecular weight is 331 g/mol. The summed E-state index contributed by atoms with van der Waals surface area (Å²) in [6.45, 7) is 0. The number of benzene rings is 2. The van der Waals surface area contributed by atoms with Crippen LogP contribution in [0.15, 0.2) is 47.1 Å². The van der Waals surface area contributed by atoms with Crippen molar-refractivity contribution in [3.8, 4) is 0 Å². The number of amides is 1. The lowest BCUT2D eigenvalue weighted by Gasteiger charge is -2.08. The molecule has 0 aliphatic rings. The lowest BCUT2D eigenvalue weighted by atomic mass is 10.1. The van der Waals surface area contributed by atoms with Gasteiger partial charge in [-0.15, -0.1) is 0 Å². The summed E-state index contributed by atoms with van der Waals surface area (Å²) in [5, 5.41) is 10.6. The average Bonchev–Trinajstić information content (AvgIpc) is 2.91. The minimum absolute atomic E-state index is 0.224. The first kappa shape index (κ1) is 12.7. The van der Waals surface area contributed by atoms with E-state index in [0.29, 0.717) is 21.4 Å². The van der Waals surface area contributed by atoms with Gasteiger partial charge in [0, 0.05) is 15.5 Å². The number of halogens is 1. The number of nitrogens with zero attached hydrogens (tertiary/aromatic N) is 1. The molecule has 0 radical (unpaired) electrons. The number of aromatic amines is 1. The van der Waals surface area contributed by atoms with Crippen molar-refractivity contribution >= 4 is 44.1 Å². The van der Waals surface area contributed by atoms with E-state index in [1.165, 1.54) is 0 Å². The SMILES string of the molecule is Nc1ccc(Br)c(C(=O)Nc2cccc3[nH]ncc23)c1. The highest BCUT2D eigenvalue weighted by Crippen LogP contribution is 2.24. The van der Waals surface area contributed by atoms with Crippen molar-refractivity contribution in [3.05, 3.63) is 52.6 Å². The van der Waals surface area contributed by atoms with Crippen molar-refractivity contribution < 1.29 is 4.79 Å². The van der Waals surface area contributed by atoms with Crippen LogP contribution in [0.1, 0.15) is 10.4 Å². The maximum Gasteiger partial charge on any atom is 0.256 e. The van der Waals surface area contributed by atoms with Gasteiger partial charge < -0.3 is 11.1 Å². The van der Waals surface area contributed by atoms with Gasteiger partial charge in [-0.3, -0.25) is 9.89 Å². The fourth-order valence-electron chi connectivity index (χ4n) is 1.98. The number of carbonyl (C=O) groups is 1. The predicted octanol–water partition coefficient (Wildman–Crippen LogP) is 3.16. The Balaban J connectivity index is 1.96. The summed E-state index contributed by atoms with van der Waals surface area (Å²) in [5.74, 6) is -0.224. The van der Waals surface area contributed by atoms with Gasteiger partial charge in [0.25, 0.3) is 5.91 Å². The number of nitrogen functional groups attached to an aromatic ring is 1. The van der Waals surface area contributed by atoms with E-state index in [-0.39, 0.29) is 5.91 Å². The Bertz CT molecular complexity index is 797. The molecule has 0 fully saturated rings. The third-order valence-corrected chi connectivity index (χ3v) is 3.66. The molecule has 1 aromatic heterocycles. The number of hydrogen-bond donors (Lipinski definition) is 3. The molecule has 2 aromatic carbocycles. The summed E-state index contributed by atoms with van der Waals surface area (Å²) in [6, 6.07) is 10.7. The molecule has 3 aromatic rings. The van der Waals surface area contributed by atoms with Crippen molar-refractivity contribution in [2.24, 2.45) is 0 Å². The van der Waals surface area contributed by atoms with Crippen molar-refractivity contribution in [1.82, 2.24) is 10.2 Å². The molecule has 4 N–H and O–H groups in total. The van der Waals surface area contributed by atoms with Gasteiger partial charge in [0.15, 0.2) is 0 Å². The molecule has 100 valence electrons. The first-order chi connectivity index (χ1) is 9.65. The molecule has 6 heteroatoms. The lowest BCUT2D eigenvalue weighted by Crippen LogP contribution is -2.13. The number of H-pyrrole nitrogens is 1. The highest BCUT2D eigenvalue weighted by atomic mass is 79.9. The molecule has 0 spiro atoms. The Morgan fingerprint density at radius 2 is 2.15 bits per heavy atom. The van der Waals surface area contributed by atoms with Crippen LogP contribution in [0.2, 0.25) is 0 Å². The number of carbonyl (C=O) groups excluding carboxylic acids is 1. The fraction of sp³-hybridized carbons (Fsp3) is 0. The Morgan fingerprint density at radius 1 is 1.30 bits per heavy atom. The van der Waals surface area contributed by atoms with E-state index in [9.17, 15) is 4.79 Å². The first-order valence-corrected chi connectivity index (χ1v) is 6.73. The number of rotatable bonds is 2. The normalized spacial score (nSPS) is 10.7. The number of anilines is 2. The topological polar surface area (TPSA) is 83.8 Å². The molecule has 0 saturated heterocycles. The van der Waals surface area contributed by atoms with Crippen LogP contribution in [0.4, 0.5) is 11.4 Å². The fourth-order valence-corrected chi connectivity index (χ4v) is 2.41. The van der Waals surface area contributed by atoms with Crippen molar-refractivity contribution in [2.75, 3.05) is 11.1 Å². The summed E-state index contributed by atoms with van der Waals surface area (Å²) >= 11 is 3.35. The number of hydrogen-bond acceptors (Lipinski definition) is 3. The summed E-state index contributed by atoms with van der Waals surface area (Å²) in [5.41, 5.74) is 8.32. The highest BCUT2D eigenvalue weighted by Gasteiger charge is 2.12. The van der Waals surface area contributed by atoms with Gasteiger partial charge in [0.1, 0.15) is 0 Å². The molecule has 5 nitrogen and oxygen atoms in total. The predicted molar refractivity (Wildman–Crippen MR) is 82.6 cm³/mol. The molecule has 0 atom stereocenters. The third-order valence-electron chi connectivity index (χ3n) is 2.97. The van der Waals surface area contributed by atoms with Crippen LogP contribution in [0.25, 0.3) is 10.9 Å².